The monoisotopic (exact) mass is 282 g/mol. The number of halogens is 2. The van der Waals surface area contributed by atoms with Gasteiger partial charge in [0.2, 0.25) is 0 Å². The highest BCUT2D eigenvalue weighted by molar-refractivity contribution is 5.20. The molecule has 0 spiro atoms. The van der Waals surface area contributed by atoms with Gasteiger partial charge in [-0.25, -0.2) is 8.78 Å². The van der Waals surface area contributed by atoms with Crippen LogP contribution in [0.15, 0.2) is 18.2 Å². The second-order valence-electron chi connectivity index (χ2n) is 5.89. The molecule has 1 aliphatic rings. The lowest BCUT2D eigenvalue weighted by Gasteiger charge is -2.42. The molecule has 0 aromatic heterocycles. The summed E-state index contributed by atoms with van der Waals surface area (Å²) in [5.74, 6) is -0.386. The quantitative estimate of drug-likeness (QED) is 0.912. The number of nitrogens with one attached hydrogen (secondary N) is 1. The Morgan fingerprint density at radius 2 is 2.00 bits per heavy atom. The van der Waals surface area contributed by atoms with Crippen molar-refractivity contribution in [3.8, 4) is 0 Å². The van der Waals surface area contributed by atoms with E-state index < -0.39 is 11.6 Å². The van der Waals surface area contributed by atoms with Crippen LogP contribution < -0.4 is 5.32 Å². The van der Waals surface area contributed by atoms with Gasteiger partial charge in [0.05, 0.1) is 0 Å². The van der Waals surface area contributed by atoms with Crippen molar-refractivity contribution in [2.24, 2.45) is 5.92 Å². The van der Waals surface area contributed by atoms with Crippen LogP contribution in [-0.2, 0) is 6.54 Å². The van der Waals surface area contributed by atoms with E-state index >= 15 is 0 Å². The first kappa shape index (κ1) is 15.4. The Kier molecular flexibility index (Phi) is 5.11. The van der Waals surface area contributed by atoms with Gasteiger partial charge in [0.25, 0.3) is 0 Å². The van der Waals surface area contributed by atoms with Gasteiger partial charge in [-0.1, -0.05) is 26.3 Å². The van der Waals surface area contributed by atoms with Crippen molar-refractivity contribution in [2.75, 3.05) is 13.1 Å². The minimum atomic E-state index is -0.445. The Bertz CT molecular complexity index is 430. The summed E-state index contributed by atoms with van der Waals surface area (Å²) in [6, 6.07) is 4.77. The van der Waals surface area contributed by atoms with Crippen LogP contribution in [0, 0.1) is 17.6 Å². The van der Waals surface area contributed by atoms with E-state index in [2.05, 4.69) is 31.0 Å². The molecule has 0 radical (unpaired) electrons. The third kappa shape index (κ3) is 3.36. The molecular formula is C16H24F2N2. The van der Waals surface area contributed by atoms with E-state index in [1.54, 1.807) is 0 Å². The van der Waals surface area contributed by atoms with Gasteiger partial charge >= 0.3 is 0 Å². The third-order valence-corrected chi connectivity index (χ3v) is 4.38. The molecule has 2 rings (SSSR count). The second-order valence-corrected chi connectivity index (χ2v) is 5.89. The van der Waals surface area contributed by atoms with Crippen molar-refractivity contribution in [2.45, 2.75) is 45.8 Å². The summed E-state index contributed by atoms with van der Waals surface area (Å²) < 4.78 is 27.7. The molecule has 1 aliphatic heterocycles. The maximum atomic E-state index is 13.8. The summed E-state index contributed by atoms with van der Waals surface area (Å²) in [5, 5.41) is 3.46. The van der Waals surface area contributed by atoms with Crippen LogP contribution in [0.3, 0.4) is 0 Å². The lowest BCUT2D eigenvalue weighted by atomic mass is 9.94. The van der Waals surface area contributed by atoms with Crippen LogP contribution in [0.2, 0.25) is 0 Å². The second kappa shape index (κ2) is 6.64. The summed E-state index contributed by atoms with van der Waals surface area (Å²) in [4.78, 5) is 2.22. The van der Waals surface area contributed by atoms with E-state index in [0.29, 0.717) is 24.5 Å². The lowest BCUT2D eigenvalue weighted by Crippen LogP contribution is -2.57. The summed E-state index contributed by atoms with van der Waals surface area (Å²) in [7, 11) is 0. The van der Waals surface area contributed by atoms with Crippen molar-refractivity contribution < 1.29 is 8.78 Å². The zero-order valence-corrected chi connectivity index (χ0v) is 12.5. The Balaban J connectivity index is 2.19. The minimum Gasteiger partial charge on any atom is -0.311 e. The third-order valence-electron chi connectivity index (χ3n) is 4.38. The van der Waals surface area contributed by atoms with Gasteiger partial charge < -0.3 is 5.32 Å². The van der Waals surface area contributed by atoms with Crippen molar-refractivity contribution in [3.63, 3.8) is 0 Å². The van der Waals surface area contributed by atoms with E-state index in [9.17, 15) is 8.78 Å². The fourth-order valence-corrected chi connectivity index (χ4v) is 2.90. The maximum Gasteiger partial charge on any atom is 0.130 e. The molecule has 2 nitrogen and oxygen atoms in total. The normalized spacial score (nSPS) is 25.6. The molecule has 0 bridgehead atoms. The number of hydrogen-bond acceptors (Lipinski definition) is 2. The zero-order chi connectivity index (χ0) is 14.7. The lowest BCUT2D eigenvalue weighted by molar-refractivity contribution is 0.0862. The first-order valence-corrected chi connectivity index (χ1v) is 7.43. The van der Waals surface area contributed by atoms with Crippen LogP contribution in [0.4, 0.5) is 8.78 Å². The molecule has 1 aromatic rings. The van der Waals surface area contributed by atoms with Crippen molar-refractivity contribution in [1.82, 2.24) is 10.2 Å². The summed E-state index contributed by atoms with van der Waals surface area (Å²) >= 11 is 0. The molecule has 3 unspecified atom stereocenters. The smallest absolute Gasteiger partial charge is 0.130 e. The fourth-order valence-electron chi connectivity index (χ4n) is 2.90. The van der Waals surface area contributed by atoms with Gasteiger partial charge in [-0.3, -0.25) is 4.90 Å². The molecule has 1 heterocycles. The van der Waals surface area contributed by atoms with Crippen LogP contribution in [0.1, 0.15) is 32.8 Å². The largest absolute Gasteiger partial charge is 0.311 e. The molecule has 20 heavy (non-hydrogen) atoms. The van der Waals surface area contributed by atoms with Crippen LogP contribution in [-0.4, -0.2) is 30.1 Å². The number of piperazine rings is 1. The molecule has 1 saturated heterocycles. The predicted molar refractivity (Wildman–Crippen MR) is 77.5 cm³/mol. The predicted octanol–water partition coefficient (Wildman–Crippen LogP) is 3.17. The summed E-state index contributed by atoms with van der Waals surface area (Å²) in [5.41, 5.74) is 0.190. The molecule has 1 fully saturated rings. The van der Waals surface area contributed by atoms with E-state index in [1.807, 2.05) is 0 Å². The Hall–Kier alpha value is -1.00. The number of benzene rings is 1. The molecule has 1 N–H and O–H groups in total. The van der Waals surface area contributed by atoms with Gasteiger partial charge in [-0.05, 0) is 25.0 Å². The van der Waals surface area contributed by atoms with Gasteiger partial charge in [0.15, 0.2) is 0 Å². The Morgan fingerprint density at radius 1 is 1.35 bits per heavy atom. The zero-order valence-electron chi connectivity index (χ0n) is 12.5. The highest BCUT2D eigenvalue weighted by Gasteiger charge is 2.30. The van der Waals surface area contributed by atoms with E-state index in [-0.39, 0.29) is 5.56 Å². The molecule has 1 aromatic carbocycles. The van der Waals surface area contributed by atoms with Crippen LogP contribution in [0.5, 0.6) is 0 Å². The minimum absolute atomic E-state index is 0.190. The van der Waals surface area contributed by atoms with Gasteiger partial charge in [0.1, 0.15) is 11.6 Å². The standard InChI is InChI=1S/C16H24F2N2/c1-4-11(2)16-8-19-12(3)9-20(16)10-13-14(17)6-5-7-15(13)18/h5-7,11-12,16,19H,4,8-10H2,1-3H3. The molecule has 112 valence electrons. The summed E-state index contributed by atoms with van der Waals surface area (Å²) in [6.45, 7) is 8.52. The van der Waals surface area contributed by atoms with E-state index in [0.717, 1.165) is 19.5 Å². The average Bonchev–Trinajstić information content (AvgIpc) is 2.42. The van der Waals surface area contributed by atoms with Gasteiger partial charge in [-0.2, -0.15) is 0 Å². The van der Waals surface area contributed by atoms with Gasteiger partial charge in [0, 0.05) is 37.3 Å². The van der Waals surface area contributed by atoms with Crippen molar-refractivity contribution in [1.29, 1.82) is 0 Å². The van der Waals surface area contributed by atoms with Crippen molar-refractivity contribution in [3.05, 3.63) is 35.4 Å². The van der Waals surface area contributed by atoms with Crippen LogP contribution >= 0.6 is 0 Å². The fraction of sp³-hybridized carbons (Fsp3) is 0.625. The molecule has 3 atom stereocenters. The topological polar surface area (TPSA) is 15.3 Å². The molecule has 0 aliphatic carbocycles. The van der Waals surface area contributed by atoms with Gasteiger partial charge in [-0.15, -0.1) is 0 Å². The maximum absolute atomic E-state index is 13.8. The Labute approximate surface area is 120 Å². The van der Waals surface area contributed by atoms with Crippen molar-refractivity contribution >= 4 is 0 Å². The number of rotatable bonds is 4. The Morgan fingerprint density at radius 3 is 2.60 bits per heavy atom. The number of hydrogen-bond donors (Lipinski definition) is 1. The van der Waals surface area contributed by atoms with E-state index in [1.165, 1.54) is 18.2 Å². The van der Waals surface area contributed by atoms with Crippen LogP contribution in [0.25, 0.3) is 0 Å². The summed E-state index contributed by atoms with van der Waals surface area (Å²) in [6.07, 6.45) is 1.07. The highest BCUT2D eigenvalue weighted by atomic mass is 19.1. The average molecular weight is 282 g/mol. The molecule has 0 amide bonds. The highest BCUT2D eigenvalue weighted by Crippen LogP contribution is 2.22. The number of nitrogens with zero attached hydrogens (tertiary/aromatic N) is 1. The first-order chi connectivity index (χ1) is 9.52. The molecule has 0 saturated carbocycles. The van der Waals surface area contributed by atoms with E-state index in [4.69, 9.17) is 0 Å². The molecular weight excluding hydrogens is 258 g/mol. The SMILES string of the molecule is CCC(C)C1CNC(C)CN1Cc1c(F)cccc1F. The first-order valence-electron chi connectivity index (χ1n) is 7.43. The molecule has 4 heteroatoms.